The van der Waals surface area contributed by atoms with E-state index in [9.17, 15) is 4.79 Å². The smallest absolute Gasteiger partial charge is 0.261 e. The Kier molecular flexibility index (Phi) is 5.41. The average molecular weight is 424 g/mol. The van der Waals surface area contributed by atoms with E-state index < -0.39 is 0 Å². The minimum absolute atomic E-state index is 0.0755. The number of hydrogen-bond donors (Lipinski definition) is 1. The molecule has 0 spiro atoms. The standard InChI is InChI=1S/C19H19Cl2N3O2S/c1-11-13-8-17(18(25)22-9-12-4-3-7-26-12)27-19(13)24(23-11)10-14-15(20)5-2-6-16(14)21/h2,5-6,8,12H,3-4,7,9-10H2,1H3,(H,22,25). The Morgan fingerprint density at radius 1 is 1.41 bits per heavy atom. The molecule has 1 N–H and O–H groups in total. The van der Waals surface area contributed by atoms with Crippen LogP contribution in [0.4, 0.5) is 0 Å². The summed E-state index contributed by atoms with van der Waals surface area (Å²) >= 11 is 14.0. The van der Waals surface area contributed by atoms with Gasteiger partial charge in [0.1, 0.15) is 4.83 Å². The van der Waals surface area contributed by atoms with Crippen molar-refractivity contribution in [2.75, 3.05) is 13.2 Å². The molecule has 3 aromatic rings. The highest BCUT2D eigenvalue weighted by Gasteiger charge is 2.20. The zero-order valence-electron chi connectivity index (χ0n) is 14.8. The second-order valence-corrected chi connectivity index (χ2v) is 8.46. The number of fused-ring (bicyclic) bond motifs is 1. The van der Waals surface area contributed by atoms with E-state index in [4.69, 9.17) is 27.9 Å². The molecular formula is C19H19Cl2N3O2S. The second-order valence-electron chi connectivity index (χ2n) is 6.62. The molecule has 1 saturated heterocycles. The van der Waals surface area contributed by atoms with Crippen molar-refractivity contribution in [3.05, 3.63) is 50.4 Å². The van der Waals surface area contributed by atoms with E-state index in [0.29, 0.717) is 28.0 Å². The van der Waals surface area contributed by atoms with E-state index >= 15 is 0 Å². The third kappa shape index (κ3) is 3.85. The molecule has 27 heavy (non-hydrogen) atoms. The Morgan fingerprint density at radius 3 is 2.89 bits per heavy atom. The topological polar surface area (TPSA) is 56.2 Å². The van der Waals surface area contributed by atoms with Gasteiger partial charge in [-0.3, -0.25) is 4.79 Å². The molecule has 0 aliphatic carbocycles. The molecule has 1 fully saturated rings. The fraction of sp³-hybridized carbons (Fsp3) is 0.368. The maximum absolute atomic E-state index is 12.5. The van der Waals surface area contributed by atoms with Crippen molar-refractivity contribution < 1.29 is 9.53 Å². The molecule has 1 aliphatic heterocycles. The number of carbonyl (C=O) groups excluding carboxylic acids is 1. The molecule has 1 amide bonds. The number of carbonyl (C=O) groups is 1. The summed E-state index contributed by atoms with van der Waals surface area (Å²) in [5.74, 6) is -0.0755. The van der Waals surface area contributed by atoms with Crippen molar-refractivity contribution in [3.8, 4) is 0 Å². The van der Waals surface area contributed by atoms with Gasteiger partial charge in [0, 0.05) is 34.1 Å². The first-order valence-corrected chi connectivity index (χ1v) is 10.4. The van der Waals surface area contributed by atoms with Crippen molar-refractivity contribution in [2.45, 2.75) is 32.4 Å². The number of aryl methyl sites for hydroxylation is 1. The predicted molar refractivity (Wildman–Crippen MR) is 109 cm³/mol. The summed E-state index contributed by atoms with van der Waals surface area (Å²) in [6.07, 6.45) is 2.19. The molecule has 0 saturated carbocycles. The fourth-order valence-electron chi connectivity index (χ4n) is 3.26. The van der Waals surface area contributed by atoms with Crippen LogP contribution in [-0.4, -0.2) is 34.9 Å². The van der Waals surface area contributed by atoms with Gasteiger partial charge in [-0.05, 0) is 38.0 Å². The van der Waals surface area contributed by atoms with E-state index in [-0.39, 0.29) is 12.0 Å². The highest BCUT2D eigenvalue weighted by atomic mass is 35.5. The molecule has 1 aromatic carbocycles. The van der Waals surface area contributed by atoms with Gasteiger partial charge < -0.3 is 10.1 Å². The number of nitrogens with zero attached hydrogens (tertiary/aromatic N) is 2. The fourth-order valence-corrected chi connectivity index (χ4v) is 4.86. The molecule has 1 aliphatic rings. The van der Waals surface area contributed by atoms with Gasteiger partial charge in [0.2, 0.25) is 0 Å². The summed E-state index contributed by atoms with van der Waals surface area (Å²) in [5.41, 5.74) is 1.70. The summed E-state index contributed by atoms with van der Waals surface area (Å²) in [5, 5.41) is 9.76. The number of benzene rings is 1. The van der Waals surface area contributed by atoms with Gasteiger partial charge in [0.05, 0.1) is 23.2 Å². The van der Waals surface area contributed by atoms with Crippen LogP contribution >= 0.6 is 34.5 Å². The largest absolute Gasteiger partial charge is 0.376 e. The summed E-state index contributed by atoms with van der Waals surface area (Å²) in [6, 6.07) is 7.35. The SMILES string of the molecule is Cc1nn(Cc2c(Cl)cccc2Cl)c2sc(C(=O)NCC3CCCO3)cc12. The van der Waals surface area contributed by atoms with Crippen molar-refractivity contribution >= 4 is 50.7 Å². The van der Waals surface area contributed by atoms with Gasteiger partial charge in [-0.2, -0.15) is 5.10 Å². The lowest BCUT2D eigenvalue weighted by Gasteiger charge is -2.09. The average Bonchev–Trinajstić information content (AvgIpc) is 3.36. The van der Waals surface area contributed by atoms with E-state index in [0.717, 1.165) is 40.9 Å². The van der Waals surface area contributed by atoms with Gasteiger partial charge in [-0.15, -0.1) is 11.3 Å². The molecule has 142 valence electrons. The lowest BCUT2D eigenvalue weighted by Crippen LogP contribution is -2.31. The molecule has 4 rings (SSSR count). The van der Waals surface area contributed by atoms with Crippen LogP contribution < -0.4 is 5.32 Å². The van der Waals surface area contributed by atoms with Crippen LogP contribution in [0.2, 0.25) is 10.0 Å². The molecule has 1 atom stereocenters. The molecule has 2 aromatic heterocycles. The van der Waals surface area contributed by atoms with Gasteiger partial charge >= 0.3 is 0 Å². The zero-order chi connectivity index (χ0) is 19.0. The van der Waals surface area contributed by atoms with Crippen molar-refractivity contribution in [3.63, 3.8) is 0 Å². The molecular weight excluding hydrogens is 405 g/mol. The van der Waals surface area contributed by atoms with Crippen LogP contribution in [0.3, 0.4) is 0 Å². The van der Waals surface area contributed by atoms with Crippen molar-refractivity contribution in [1.82, 2.24) is 15.1 Å². The Labute approximate surface area is 171 Å². The molecule has 3 heterocycles. The first kappa shape index (κ1) is 18.7. The summed E-state index contributed by atoms with van der Waals surface area (Å²) in [4.78, 5) is 14.1. The van der Waals surface area contributed by atoms with Gasteiger partial charge in [-0.25, -0.2) is 4.68 Å². The number of hydrogen-bond acceptors (Lipinski definition) is 4. The number of nitrogens with one attached hydrogen (secondary N) is 1. The van der Waals surface area contributed by atoms with E-state index in [2.05, 4.69) is 10.4 Å². The molecule has 0 bridgehead atoms. The lowest BCUT2D eigenvalue weighted by atomic mass is 10.2. The maximum Gasteiger partial charge on any atom is 0.261 e. The Balaban J connectivity index is 1.57. The third-order valence-electron chi connectivity index (χ3n) is 4.72. The Bertz CT molecular complexity index is 972. The molecule has 0 radical (unpaired) electrons. The highest BCUT2D eigenvalue weighted by Crippen LogP contribution is 2.31. The first-order chi connectivity index (χ1) is 13.0. The van der Waals surface area contributed by atoms with E-state index in [1.807, 2.05) is 35.9 Å². The lowest BCUT2D eigenvalue weighted by molar-refractivity contribution is 0.0861. The normalized spacial score (nSPS) is 16.9. The van der Waals surface area contributed by atoms with Crippen LogP contribution in [-0.2, 0) is 11.3 Å². The number of rotatable bonds is 5. The number of halogens is 2. The van der Waals surface area contributed by atoms with Crippen LogP contribution in [0.5, 0.6) is 0 Å². The maximum atomic E-state index is 12.5. The van der Waals surface area contributed by atoms with Crippen LogP contribution in [0.25, 0.3) is 10.2 Å². The number of thiophene rings is 1. The quantitative estimate of drug-likeness (QED) is 0.648. The summed E-state index contributed by atoms with van der Waals surface area (Å²) in [6.45, 7) is 3.73. The minimum Gasteiger partial charge on any atom is -0.376 e. The molecule has 8 heteroatoms. The second kappa shape index (κ2) is 7.80. The first-order valence-electron chi connectivity index (χ1n) is 8.82. The Morgan fingerprint density at radius 2 is 2.19 bits per heavy atom. The van der Waals surface area contributed by atoms with Crippen LogP contribution in [0, 0.1) is 6.92 Å². The van der Waals surface area contributed by atoms with E-state index in [1.165, 1.54) is 11.3 Å². The summed E-state index contributed by atoms with van der Waals surface area (Å²) in [7, 11) is 0. The summed E-state index contributed by atoms with van der Waals surface area (Å²) < 4.78 is 7.42. The number of aromatic nitrogens is 2. The third-order valence-corrected chi connectivity index (χ3v) is 6.57. The molecule has 1 unspecified atom stereocenters. The highest BCUT2D eigenvalue weighted by molar-refractivity contribution is 7.20. The predicted octanol–water partition coefficient (Wildman–Crippen LogP) is 4.67. The van der Waals surface area contributed by atoms with Crippen LogP contribution in [0.15, 0.2) is 24.3 Å². The van der Waals surface area contributed by atoms with Crippen LogP contribution in [0.1, 0.15) is 33.8 Å². The molecule has 5 nitrogen and oxygen atoms in total. The number of amides is 1. The van der Waals surface area contributed by atoms with Gasteiger partial charge in [0.15, 0.2) is 0 Å². The zero-order valence-corrected chi connectivity index (χ0v) is 17.1. The number of ether oxygens (including phenoxy) is 1. The Hall–Kier alpha value is -1.60. The van der Waals surface area contributed by atoms with Gasteiger partial charge in [0.25, 0.3) is 5.91 Å². The van der Waals surface area contributed by atoms with Gasteiger partial charge in [-0.1, -0.05) is 29.3 Å². The minimum atomic E-state index is -0.0755. The van der Waals surface area contributed by atoms with Crippen molar-refractivity contribution in [1.29, 1.82) is 0 Å². The van der Waals surface area contributed by atoms with Crippen molar-refractivity contribution in [2.24, 2.45) is 0 Å². The monoisotopic (exact) mass is 423 g/mol. The van der Waals surface area contributed by atoms with E-state index in [1.54, 1.807) is 0 Å².